The minimum absolute atomic E-state index is 0.0402. The Labute approximate surface area is 161 Å². The van der Waals surface area contributed by atoms with Crippen molar-refractivity contribution in [1.29, 1.82) is 0 Å². The maximum atomic E-state index is 12.7. The zero-order valence-electron chi connectivity index (χ0n) is 14.0. The van der Waals surface area contributed by atoms with Gasteiger partial charge in [0.25, 0.3) is 12.3 Å². The van der Waals surface area contributed by atoms with Crippen molar-refractivity contribution in [3.8, 4) is 16.9 Å². The van der Waals surface area contributed by atoms with Crippen LogP contribution in [-0.2, 0) is 0 Å². The van der Waals surface area contributed by atoms with Crippen molar-refractivity contribution >= 4 is 34.0 Å². The number of hydrogen-bond acceptors (Lipinski definition) is 7. The summed E-state index contributed by atoms with van der Waals surface area (Å²) in [7, 11) is 1.47. The summed E-state index contributed by atoms with van der Waals surface area (Å²) in [6.45, 7) is 1.76. The second-order valence-corrected chi connectivity index (χ2v) is 6.68. The van der Waals surface area contributed by atoms with Crippen LogP contribution in [0.3, 0.4) is 0 Å². The predicted octanol–water partition coefficient (Wildman–Crippen LogP) is 4.16. The smallest absolute Gasteiger partial charge is 0.291 e. The van der Waals surface area contributed by atoms with Crippen LogP contribution in [0.15, 0.2) is 24.5 Å². The molecule has 0 saturated carbocycles. The number of alkyl halides is 2. The molecular weight excluding hydrogens is 400 g/mol. The minimum atomic E-state index is -2.76. The number of rotatable bonds is 5. The summed E-state index contributed by atoms with van der Waals surface area (Å²) in [5.74, 6) is -0.167. The number of carbonyl (C=O) groups excluding carboxylic acids is 1. The molecule has 27 heavy (non-hydrogen) atoms. The van der Waals surface area contributed by atoms with Gasteiger partial charge in [-0.25, -0.2) is 13.8 Å². The van der Waals surface area contributed by atoms with Gasteiger partial charge >= 0.3 is 0 Å². The molecule has 0 radical (unpaired) electrons. The minimum Gasteiger partial charge on any atom is -0.494 e. The fraction of sp³-hybridized carbons (Fsp3) is 0.188. The molecule has 1 N–H and O–H groups in total. The molecule has 0 fully saturated rings. The molecule has 3 rings (SSSR count). The van der Waals surface area contributed by atoms with Crippen LogP contribution in [0.2, 0.25) is 5.15 Å². The molecule has 7 nitrogen and oxygen atoms in total. The molecular formula is C16H12ClF2N5O2S. The van der Waals surface area contributed by atoms with E-state index in [4.69, 9.17) is 16.3 Å². The maximum absolute atomic E-state index is 12.7. The molecule has 11 heteroatoms. The van der Waals surface area contributed by atoms with Crippen LogP contribution in [-0.4, -0.2) is 33.2 Å². The molecule has 0 atom stereocenters. The Kier molecular flexibility index (Phi) is 5.57. The third-order valence-electron chi connectivity index (χ3n) is 3.48. The van der Waals surface area contributed by atoms with Gasteiger partial charge in [-0.1, -0.05) is 22.9 Å². The van der Waals surface area contributed by atoms with Crippen molar-refractivity contribution in [1.82, 2.24) is 20.2 Å². The van der Waals surface area contributed by atoms with Crippen molar-refractivity contribution in [3.63, 3.8) is 0 Å². The molecule has 0 aliphatic rings. The first-order chi connectivity index (χ1) is 12.9. The first-order valence-electron chi connectivity index (χ1n) is 7.48. The fourth-order valence-electron chi connectivity index (χ4n) is 2.29. The molecule has 0 unspecified atom stereocenters. The van der Waals surface area contributed by atoms with Crippen LogP contribution in [0.1, 0.15) is 27.5 Å². The van der Waals surface area contributed by atoms with E-state index in [9.17, 15) is 13.6 Å². The Hall–Kier alpha value is -2.72. The first-order valence-corrected chi connectivity index (χ1v) is 8.68. The van der Waals surface area contributed by atoms with E-state index in [0.29, 0.717) is 33.9 Å². The summed E-state index contributed by atoms with van der Waals surface area (Å²) in [6, 6.07) is 3.25. The number of ether oxygens (including phenoxy) is 1. The number of nitrogens with one attached hydrogen (secondary N) is 1. The van der Waals surface area contributed by atoms with E-state index < -0.39 is 17.3 Å². The number of anilines is 1. The second kappa shape index (κ2) is 7.89. The lowest BCUT2D eigenvalue weighted by molar-refractivity contribution is 0.102. The van der Waals surface area contributed by atoms with E-state index >= 15 is 0 Å². The summed E-state index contributed by atoms with van der Waals surface area (Å²) in [5, 5.41) is 9.05. The average Bonchev–Trinajstić information content (AvgIpc) is 3.10. The lowest BCUT2D eigenvalue weighted by Crippen LogP contribution is -2.14. The molecule has 0 aromatic carbocycles. The number of halogens is 3. The number of pyridine rings is 2. The summed E-state index contributed by atoms with van der Waals surface area (Å²) < 4.78 is 30.6. The monoisotopic (exact) mass is 411 g/mol. The standard InChI is InChI=1S/C16H12ClF2N5O2S/c1-7-3-8(9-4-12(17)21-6-11(9)26-2)10(5-20-7)14(25)22-16-24-23-15(27-16)13(18)19/h3-6,13H,1-2H3,(H,22,24,25). The number of aryl methyl sites for hydroxylation is 1. The van der Waals surface area contributed by atoms with E-state index in [1.54, 1.807) is 19.1 Å². The Bertz CT molecular complexity index is 999. The highest BCUT2D eigenvalue weighted by Crippen LogP contribution is 2.34. The number of methoxy groups -OCH3 is 1. The largest absolute Gasteiger partial charge is 0.494 e. The SMILES string of the molecule is COc1cnc(Cl)cc1-c1cc(C)ncc1C(=O)Nc1nnc(C(F)F)s1. The van der Waals surface area contributed by atoms with Gasteiger partial charge in [0.2, 0.25) is 5.13 Å². The van der Waals surface area contributed by atoms with E-state index in [0.717, 1.165) is 0 Å². The van der Waals surface area contributed by atoms with Crippen LogP contribution in [0.4, 0.5) is 13.9 Å². The summed E-state index contributed by atoms with van der Waals surface area (Å²) >= 11 is 6.59. The van der Waals surface area contributed by atoms with Gasteiger partial charge in [-0.05, 0) is 19.1 Å². The van der Waals surface area contributed by atoms with E-state index in [1.165, 1.54) is 19.5 Å². The Morgan fingerprint density at radius 1 is 1.22 bits per heavy atom. The fourth-order valence-corrected chi connectivity index (χ4v) is 3.04. The van der Waals surface area contributed by atoms with Gasteiger partial charge in [0.05, 0.1) is 18.9 Å². The number of hydrogen-bond donors (Lipinski definition) is 1. The van der Waals surface area contributed by atoms with E-state index in [1.807, 2.05) is 0 Å². The first kappa shape index (κ1) is 19.1. The van der Waals surface area contributed by atoms with Crippen molar-refractivity contribution in [2.24, 2.45) is 0 Å². The van der Waals surface area contributed by atoms with Gasteiger partial charge in [-0.15, -0.1) is 10.2 Å². The molecule has 3 aromatic rings. The molecule has 0 aliphatic heterocycles. The lowest BCUT2D eigenvalue weighted by atomic mass is 10.0. The average molecular weight is 412 g/mol. The maximum Gasteiger partial charge on any atom is 0.291 e. The summed E-state index contributed by atoms with van der Waals surface area (Å²) in [4.78, 5) is 20.8. The normalized spacial score (nSPS) is 10.9. The van der Waals surface area contributed by atoms with Crippen molar-refractivity contribution in [3.05, 3.63) is 45.9 Å². The lowest BCUT2D eigenvalue weighted by Gasteiger charge is -2.13. The number of aromatic nitrogens is 4. The van der Waals surface area contributed by atoms with Gasteiger partial charge in [-0.3, -0.25) is 15.1 Å². The number of nitrogens with zero attached hydrogens (tertiary/aromatic N) is 4. The molecule has 0 aliphatic carbocycles. The second-order valence-electron chi connectivity index (χ2n) is 5.28. The van der Waals surface area contributed by atoms with Crippen molar-refractivity contribution < 1.29 is 18.3 Å². The third kappa shape index (κ3) is 4.17. The Morgan fingerprint density at radius 3 is 2.67 bits per heavy atom. The highest BCUT2D eigenvalue weighted by atomic mass is 35.5. The molecule has 1 amide bonds. The van der Waals surface area contributed by atoms with Crippen LogP contribution >= 0.6 is 22.9 Å². The topological polar surface area (TPSA) is 89.9 Å². The van der Waals surface area contributed by atoms with E-state index in [2.05, 4.69) is 25.5 Å². The molecule has 3 heterocycles. The van der Waals surface area contributed by atoms with Gasteiger partial charge in [0.15, 0.2) is 5.01 Å². The Balaban J connectivity index is 2.01. The van der Waals surface area contributed by atoms with Crippen LogP contribution in [0.5, 0.6) is 5.75 Å². The molecule has 3 aromatic heterocycles. The quantitative estimate of drug-likeness (QED) is 0.634. The zero-order valence-corrected chi connectivity index (χ0v) is 15.6. The molecule has 140 valence electrons. The van der Waals surface area contributed by atoms with Gasteiger partial charge in [0, 0.05) is 23.0 Å². The summed E-state index contributed by atoms with van der Waals surface area (Å²) in [5.41, 5.74) is 1.89. The van der Waals surface area contributed by atoms with Crippen molar-refractivity contribution in [2.75, 3.05) is 12.4 Å². The molecule has 0 spiro atoms. The molecule has 0 saturated heterocycles. The number of carbonyl (C=O) groups is 1. The Morgan fingerprint density at radius 2 is 2.00 bits per heavy atom. The highest BCUT2D eigenvalue weighted by molar-refractivity contribution is 7.15. The number of amides is 1. The van der Waals surface area contributed by atoms with Crippen LogP contribution < -0.4 is 10.1 Å². The zero-order chi connectivity index (χ0) is 19.6. The molecule has 0 bridgehead atoms. The van der Waals surface area contributed by atoms with Crippen LogP contribution in [0, 0.1) is 6.92 Å². The highest BCUT2D eigenvalue weighted by Gasteiger charge is 2.20. The van der Waals surface area contributed by atoms with Crippen molar-refractivity contribution in [2.45, 2.75) is 13.3 Å². The van der Waals surface area contributed by atoms with E-state index in [-0.39, 0.29) is 15.8 Å². The third-order valence-corrected chi connectivity index (χ3v) is 4.53. The summed E-state index contributed by atoms with van der Waals surface area (Å²) in [6.07, 6.45) is 0.0606. The predicted molar refractivity (Wildman–Crippen MR) is 96.6 cm³/mol. The van der Waals surface area contributed by atoms with Gasteiger partial charge < -0.3 is 4.74 Å². The van der Waals surface area contributed by atoms with Gasteiger partial charge in [-0.2, -0.15) is 0 Å². The van der Waals surface area contributed by atoms with Crippen LogP contribution in [0.25, 0.3) is 11.1 Å². The van der Waals surface area contributed by atoms with Gasteiger partial charge in [0.1, 0.15) is 10.9 Å².